The van der Waals surface area contributed by atoms with E-state index >= 15 is 0 Å². The highest BCUT2D eigenvalue weighted by Gasteiger charge is 2.20. The molecule has 0 aliphatic carbocycles. The molecule has 0 saturated heterocycles. The van der Waals surface area contributed by atoms with Gasteiger partial charge in [-0.25, -0.2) is 0 Å². The lowest BCUT2D eigenvalue weighted by atomic mass is 9.96. The SMILES string of the molecule is COCCN(CC(C)C(O)c1ccccc1)C(C)C. The average Bonchev–Trinajstić information content (AvgIpc) is 2.43. The monoisotopic (exact) mass is 265 g/mol. The van der Waals surface area contributed by atoms with E-state index in [9.17, 15) is 5.11 Å². The van der Waals surface area contributed by atoms with Gasteiger partial charge in [-0.05, 0) is 25.3 Å². The fourth-order valence-corrected chi connectivity index (χ4v) is 2.22. The van der Waals surface area contributed by atoms with Gasteiger partial charge in [-0.15, -0.1) is 0 Å². The molecule has 1 N–H and O–H groups in total. The summed E-state index contributed by atoms with van der Waals surface area (Å²) in [7, 11) is 1.72. The van der Waals surface area contributed by atoms with E-state index in [1.54, 1.807) is 7.11 Å². The summed E-state index contributed by atoms with van der Waals surface area (Å²) < 4.78 is 5.15. The molecule has 0 bridgehead atoms. The molecular weight excluding hydrogens is 238 g/mol. The van der Waals surface area contributed by atoms with Crippen molar-refractivity contribution in [1.82, 2.24) is 4.90 Å². The van der Waals surface area contributed by atoms with Crippen LogP contribution in [0.2, 0.25) is 0 Å². The molecule has 108 valence electrons. The van der Waals surface area contributed by atoms with Gasteiger partial charge in [-0.1, -0.05) is 37.3 Å². The van der Waals surface area contributed by atoms with Crippen LogP contribution in [0.25, 0.3) is 0 Å². The Hall–Kier alpha value is -0.900. The van der Waals surface area contributed by atoms with E-state index in [2.05, 4.69) is 25.7 Å². The summed E-state index contributed by atoms with van der Waals surface area (Å²) in [5.74, 6) is 0.196. The van der Waals surface area contributed by atoms with Crippen molar-refractivity contribution in [3.8, 4) is 0 Å². The smallest absolute Gasteiger partial charge is 0.0827 e. The molecular formula is C16H27NO2. The second-order valence-corrected chi connectivity index (χ2v) is 5.41. The zero-order chi connectivity index (χ0) is 14.3. The van der Waals surface area contributed by atoms with Crippen molar-refractivity contribution < 1.29 is 9.84 Å². The molecule has 2 unspecified atom stereocenters. The lowest BCUT2D eigenvalue weighted by molar-refractivity contribution is 0.0642. The fraction of sp³-hybridized carbons (Fsp3) is 0.625. The van der Waals surface area contributed by atoms with Crippen LogP contribution in [0.15, 0.2) is 30.3 Å². The molecule has 1 rings (SSSR count). The van der Waals surface area contributed by atoms with E-state index in [4.69, 9.17) is 4.74 Å². The molecule has 0 fully saturated rings. The normalized spacial score (nSPS) is 14.9. The van der Waals surface area contributed by atoms with Crippen LogP contribution < -0.4 is 0 Å². The van der Waals surface area contributed by atoms with Crippen LogP contribution in [-0.4, -0.2) is 42.9 Å². The number of aliphatic hydroxyl groups excluding tert-OH is 1. The summed E-state index contributed by atoms with van der Waals surface area (Å²) in [6.45, 7) is 8.96. The Bertz CT molecular complexity index is 340. The molecule has 0 radical (unpaired) electrons. The Kier molecular flexibility index (Phi) is 7.06. The lowest BCUT2D eigenvalue weighted by Gasteiger charge is -2.31. The molecule has 0 heterocycles. The van der Waals surface area contributed by atoms with Crippen molar-refractivity contribution in [2.45, 2.75) is 32.9 Å². The van der Waals surface area contributed by atoms with Crippen LogP contribution >= 0.6 is 0 Å². The molecule has 19 heavy (non-hydrogen) atoms. The summed E-state index contributed by atoms with van der Waals surface area (Å²) in [5, 5.41) is 10.4. The average molecular weight is 265 g/mol. The minimum Gasteiger partial charge on any atom is -0.388 e. The largest absolute Gasteiger partial charge is 0.388 e. The summed E-state index contributed by atoms with van der Waals surface area (Å²) in [5.41, 5.74) is 0.991. The Morgan fingerprint density at radius 3 is 2.32 bits per heavy atom. The summed E-state index contributed by atoms with van der Waals surface area (Å²) in [6, 6.07) is 10.3. The van der Waals surface area contributed by atoms with Crippen LogP contribution in [-0.2, 0) is 4.74 Å². The molecule has 0 aromatic heterocycles. The highest BCUT2D eigenvalue weighted by Crippen LogP contribution is 2.22. The molecule has 0 spiro atoms. The van der Waals surface area contributed by atoms with Gasteiger partial charge >= 0.3 is 0 Å². The number of hydrogen-bond donors (Lipinski definition) is 1. The first kappa shape index (κ1) is 16.2. The van der Waals surface area contributed by atoms with Crippen molar-refractivity contribution in [2.24, 2.45) is 5.92 Å². The molecule has 3 heteroatoms. The number of methoxy groups -OCH3 is 1. The number of aliphatic hydroxyl groups is 1. The van der Waals surface area contributed by atoms with Gasteiger partial charge in [0.15, 0.2) is 0 Å². The predicted molar refractivity (Wildman–Crippen MR) is 79.2 cm³/mol. The van der Waals surface area contributed by atoms with Crippen molar-refractivity contribution in [2.75, 3.05) is 26.8 Å². The van der Waals surface area contributed by atoms with Crippen molar-refractivity contribution in [3.63, 3.8) is 0 Å². The lowest BCUT2D eigenvalue weighted by Crippen LogP contribution is -2.38. The van der Waals surface area contributed by atoms with Gasteiger partial charge in [0.05, 0.1) is 12.7 Å². The van der Waals surface area contributed by atoms with E-state index in [-0.39, 0.29) is 5.92 Å². The topological polar surface area (TPSA) is 32.7 Å². The maximum Gasteiger partial charge on any atom is 0.0827 e. The van der Waals surface area contributed by atoms with Crippen molar-refractivity contribution in [1.29, 1.82) is 0 Å². The zero-order valence-corrected chi connectivity index (χ0v) is 12.5. The number of benzene rings is 1. The second-order valence-electron chi connectivity index (χ2n) is 5.41. The molecule has 0 aliphatic heterocycles. The first-order valence-corrected chi connectivity index (χ1v) is 7.02. The first-order chi connectivity index (χ1) is 9.06. The van der Waals surface area contributed by atoms with Crippen LogP contribution in [0.3, 0.4) is 0 Å². The first-order valence-electron chi connectivity index (χ1n) is 7.02. The second kappa shape index (κ2) is 8.31. The van der Waals surface area contributed by atoms with E-state index in [0.29, 0.717) is 6.04 Å². The molecule has 2 atom stereocenters. The minimum absolute atomic E-state index is 0.196. The molecule has 3 nitrogen and oxygen atoms in total. The molecule has 0 aliphatic rings. The third-order valence-electron chi connectivity index (χ3n) is 3.52. The molecule has 1 aromatic rings. The van der Waals surface area contributed by atoms with Crippen LogP contribution in [0, 0.1) is 5.92 Å². The number of ether oxygens (including phenoxy) is 1. The quantitative estimate of drug-likeness (QED) is 0.784. The number of rotatable bonds is 8. The van der Waals surface area contributed by atoms with Gasteiger partial charge in [0.25, 0.3) is 0 Å². The van der Waals surface area contributed by atoms with Gasteiger partial charge in [-0.2, -0.15) is 0 Å². The molecule has 0 amide bonds. The zero-order valence-electron chi connectivity index (χ0n) is 12.5. The summed E-state index contributed by atoms with van der Waals surface area (Å²) in [4.78, 5) is 2.35. The minimum atomic E-state index is -0.412. The van der Waals surface area contributed by atoms with E-state index in [1.807, 2.05) is 30.3 Å². The van der Waals surface area contributed by atoms with E-state index in [1.165, 1.54) is 0 Å². The summed E-state index contributed by atoms with van der Waals surface area (Å²) >= 11 is 0. The van der Waals surface area contributed by atoms with Crippen molar-refractivity contribution in [3.05, 3.63) is 35.9 Å². The third-order valence-corrected chi connectivity index (χ3v) is 3.52. The molecule has 0 saturated carbocycles. The van der Waals surface area contributed by atoms with E-state index in [0.717, 1.165) is 25.3 Å². The van der Waals surface area contributed by atoms with Gasteiger partial charge < -0.3 is 9.84 Å². The highest BCUT2D eigenvalue weighted by atomic mass is 16.5. The van der Waals surface area contributed by atoms with Gasteiger partial charge in [0, 0.05) is 26.2 Å². The van der Waals surface area contributed by atoms with Crippen molar-refractivity contribution >= 4 is 0 Å². The van der Waals surface area contributed by atoms with Gasteiger partial charge in [0.1, 0.15) is 0 Å². The maximum absolute atomic E-state index is 10.4. The van der Waals surface area contributed by atoms with Crippen LogP contribution in [0.5, 0.6) is 0 Å². The van der Waals surface area contributed by atoms with Gasteiger partial charge in [-0.3, -0.25) is 4.90 Å². The third kappa shape index (κ3) is 5.31. The van der Waals surface area contributed by atoms with Crippen LogP contribution in [0.4, 0.5) is 0 Å². The molecule has 1 aromatic carbocycles. The Morgan fingerprint density at radius 2 is 1.79 bits per heavy atom. The maximum atomic E-state index is 10.4. The number of nitrogens with zero attached hydrogens (tertiary/aromatic N) is 1. The van der Waals surface area contributed by atoms with Gasteiger partial charge in [0.2, 0.25) is 0 Å². The van der Waals surface area contributed by atoms with Crippen LogP contribution in [0.1, 0.15) is 32.4 Å². The standard InChI is InChI=1S/C16H27NO2/c1-13(2)17(10-11-19-4)12-14(3)16(18)15-8-6-5-7-9-15/h5-9,13-14,16,18H,10-12H2,1-4H3. The Balaban J connectivity index is 2.58. The summed E-state index contributed by atoms with van der Waals surface area (Å²) in [6.07, 6.45) is -0.412. The Morgan fingerprint density at radius 1 is 1.16 bits per heavy atom. The van der Waals surface area contributed by atoms with E-state index < -0.39 is 6.10 Å². The fourth-order valence-electron chi connectivity index (χ4n) is 2.22. The highest BCUT2D eigenvalue weighted by molar-refractivity contribution is 5.17. The Labute approximate surface area is 117 Å². The predicted octanol–water partition coefficient (Wildman–Crippen LogP) is 2.71. The number of hydrogen-bond acceptors (Lipinski definition) is 3.